The highest BCUT2D eigenvalue weighted by molar-refractivity contribution is 6.09. The average molecular weight is 548 g/mol. The molecule has 2 aliphatic rings. The zero-order chi connectivity index (χ0) is 27.9. The molecule has 2 aromatic heterocycles. The number of amides is 2. The van der Waals surface area contributed by atoms with Gasteiger partial charge >= 0.3 is 6.18 Å². The number of alkyl halides is 4. The summed E-state index contributed by atoms with van der Waals surface area (Å²) in [6.07, 6.45) is -1.75. The number of benzene rings is 1. The van der Waals surface area contributed by atoms with E-state index >= 15 is 0 Å². The fourth-order valence-electron chi connectivity index (χ4n) is 5.04. The van der Waals surface area contributed by atoms with Gasteiger partial charge in [0, 0.05) is 30.6 Å². The number of nitrogens with one attached hydrogen (secondary N) is 3. The highest BCUT2D eigenvalue weighted by atomic mass is 19.4. The van der Waals surface area contributed by atoms with Crippen LogP contribution in [0.25, 0.3) is 22.3 Å². The molecule has 8 nitrogen and oxygen atoms in total. The number of fused-ring (bicyclic) bond motifs is 1. The molecule has 0 saturated heterocycles. The van der Waals surface area contributed by atoms with Crippen LogP contribution >= 0.6 is 0 Å². The monoisotopic (exact) mass is 547 g/mol. The quantitative estimate of drug-likeness (QED) is 0.366. The lowest BCUT2D eigenvalue weighted by Crippen LogP contribution is -2.49. The normalized spacial score (nSPS) is 21.5. The number of carbonyl (C=O) groups is 2. The Hall–Kier alpha value is -3.70. The molecule has 0 aliphatic heterocycles. The topological polar surface area (TPSA) is 109 Å². The van der Waals surface area contributed by atoms with E-state index in [1.807, 2.05) is 0 Å². The summed E-state index contributed by atoms with van der Waals surface area (Å²) in [5, 5.41) is 5.45. The number of halogens is 4. The summed E-state index contributed by atoms with van der Waals surface area (Å²) < 4.78 is 61.2. The Morgan fingerprint density at radius 3 is 2.56 bits per heavy atom. The molecule has 2 heterocycles. The van der Waals surface area contributed by atoms with Gasteiger partial charge in [0.15, 0.2) is 0 Å². The Morgan fingerprint density at radius 2 is 1.90 bits per heavy atom. The molecule has 0 spiro atoms. The van der Waals surface area contributed by atoms with Gasteiger partial charge in [-0.1, -0.05) is 0 Å². The van der Waals surface area contributed by atoms with Crippen LogP contribution in [0, 0.1) is 12.8 Å². The molecule has 2 fully saturated rings. The molecule has 2 saturated carbocycles. The third kappa shape index (κ3) is 5.84. The Bertz CT molecular complexity index is 1400. The summed E-state index contributed by atoms with van der Waals surface area (Å²) >= 11 is 0. The molecule has 12 heteroatoms. The Balaban J connectivity index is 1.45. The number of hydrogen-bond acceptors (Lipinski definition) is 5. The molecule has 5 rings (SSSR count). The van der Waals surface area contributed by atoms with Crippen LogP contribution in [-0.4, -0.2) is 51.6 Å². The van der Waals surface area contributed by atoms with Crippen LogP contribution in [0.3, 0.4) is 0 Å². The van der Waals surface area contributed by atoms with Crippen molar-refractivity contribution in [2.75, 3.05) is 6.61 Å². The van der Waals surface area contributed by atoms with Crippen LogP contribution in [0.5, 0.6) is 5.75 Å². The number of ether oxygens (including phenoxy) is 1. The maximum absolute atomic E-state index is 14.6. The number of aromatic amines is 1. The van der Waals surface area contributed by atoms with E-state index in [2.05, 4.69) is 25.6 Å². The number of nitrogens with zero attached hydrogens (tertiary/aromatic N) is 2. The molecular formula is C27H29F4N5O3. The van der Waals surface area contributed by atoms with Crippen LogP contribution < -0.4 is 15.4 Å². The lowest BCUT2D eigenvalue weighted by Gasteiger charge is -2.32. The van der Waals surface area contributed by atoms with Gasteiger partial charge in [-0.15, -0.1) is 0 Å². The van der Waals surface area contributed by atoms with E-state index in [-0.39, 0.29) is 40.4 Å². The maximum atomic E-state index is 14.6. The zero-order valence-corrected chi connectivity index (χ0v) is 21.5. The summed E-state index contributed by atoms with van der Waals surface area (Å²) in [5.74, 6) is -0.145. The second kappa shape index (κ2) is 10.5. The predicted octanol–water partition coefficient (Wildman–Crippen LogP) is 4.87. The van der Waals surface area contributed by atoms with Gasteiger partial charge in [0.1, 0.15) is 29.5 Å². The van der Waals surface area contributed by atoms with Gasteiger partial charge in [0.2, 0.25) is 5.91 Å². The van der Waals surface area contributed by atoms with E-state index in [1.54, 1.807) is 6.92 Å². The fraction of sp³-hybridized carbons (Fsp3) is 0.481. The number of aromatic nitrogens is 3. The summed E-state index contributed by atoms with van der Waals surface area (Å²) in [4.78, 5) is 36.2. The van der Waals surface area contributed by atoms with Crippen LogP contribution in [0.1, 0.15) is 60.6 Å². The first-order valence-electron chi connectivity index (χ1n) is 12.9. The predicted molar refractivity (Wildman–Crippen MR) is 135 cm³/mol. The Labute approximate surface area is 221 Å². The van der Waals surface area contributed by atoms with Gasteiger partial charge in [0.25, 0.3) is 5.91 Å². The third-order valence-electron chi connectivity index (χ3n) is 7.23. The molecule has 3 atom stereocenters. The fourth-order valence-corrected chi connectivity index (χ4v) is 5.04. The number of hydrogen-bond donors (Lipinski definition) is 3. The van der Waals surface area contributed by atoms with E-state index in [4.69, 9.17) is 4.74 Å². The molecule has 2 aliphatic carbocycles. The standard InChI is InChI=1S/C27H29F4N5O3/c1-13-22(26(38)36-17-6-7-20(19(28)10-17)35-14(2)37)24-25(34-13)23(32-12-33-24)18-9-16(27(29,30)31)5-8-21(18)39-11-15-3-4-15/h5,8-9,12,15,17,19-20,34H,3-4,6-7,10-11H2,1-2H3,(H,35,37)(H,36,38). The van der Waals surface area contributed by atoms with Crippen molar-refractivity contribution in [2.45, 2.75) is 70.4 Å². The average Bonchev–Trinajstić information content (AvgIpc) is 3.63. The van der Waals surface area contributed by atoms with Crippen molar-refractivity contribution >= 4 is 22.8 Å². The lowest BCUT2D eigenvalue weighted by molar-refractivity contribution is -0.137. The van der Waals surface area contributed by atoms with E-state index in [0.29, 0.717) is 36.6 Å². The smallest absolute Gasteiger partial charge is 0.416 e. The van der Waals surface area contributed by atoms with Crippen molar-refractivity contribution in [3.05, 3.63) is 41.3 Å². The van der Waals surface area contributed by atoms with Gasteiger partial charge in [0.05, 0.1) is 29.3 Å². The number of rotatable bonds is 7. The van der Waals surface area contributed by atoms with Crippen molar-refractivity contribution in [3.63, 3.8) is 0 Å². The highest BCUT2D eigenvalue weighted by Gasteiger charge is 2.34. The summed E-state index contributed by atoms with van der Waals surface area (Å²) in [5.41, 5.74) is 0.667. The third-order valence-corrected chi connectivity index (χ3v) is 7.23. The second-order valence-corrected chi connectivity index (χ2v) is 10.3. The van der Waals surface area contributed by atoms with Crippen LogP contribution in [0.4, 0.5) is 17.6 Å². The van der Waals surface area contributed by atoms with Crippen LogP contribution in [0.15, 0.2) is 24.5 Å². The molecule has 3 aromatic rings. The first kappa shape index (κ1) is 26.9. The molecule has 3 unspecified atom stereocenters. The maximum Gasteiger partial charge on any atom is 0.416 e. The van der Waals surface area contributed by atoms with E-state index < -0.39 is 35.9 Å². The van der Waals surface area contributed by atoms with Crippen molar-refractivity contribution in [1.82, 2.24) is 25.6 Å². The molecule has 3 N–H and O–H groups in total. The number of carbonyl (C=O) groups excluding carboxylic acids is 2. The first-order valence-corrected chi connectivity index (χ1v) is 12.9. The Kier molecular flexibility index (Phi) is 7.21. The van der Waals surface area contributed by atoms with Crippen molar-refractivity contribution < 1.29 is 31.9 Å². The number of H-pyrrole nitrogens is 1. The van der Waals surface area contributed by atoms with Gasteiger partial charge in [-0.25, -0.2) is 14.4 Å². The van der Waals surface area contributed by atoms with E-state index in [0.717, 1.165) is 25.0 Å². The zero-order valence-electron chi connectivity index (χ0n) is 21.5. The highest BCUT2D eigenvalue weighted by Crippen LogP contribution is 2.40. The van der Waals surface area contributed by atoms with Gasteiger partial charge in [-0.3, -0.25) is 9.59 Å². The minimum atomic E-state index is -4.57. The Morgan fingerprint density at radius 1 is 1.13 bits per heavy atom. The minimum absolute atomic E-state index is 0.0459. The summed E-state index contributed by atoms with van der Waals surface area (Å²) in [6.45, 7) is 3.38. The molecule has 0 radical (unpaired) electrons. The van der Waals surface area contributed by atoms with Crippen molar-refractivity contribution in [3.8, 4) is 17.0 Å². The minimum Gasteiger partial charge on any atom is -0.493 e. The number of aryl methyl sites for hydroxylation is 1. The van der Waals surface area contributed by atoms with Crippen LogP contribution in [-0.2, 0) is 11.0 Å². The van der Waals surface area contributed by atoms with Crippen molar-refractivity contribution in [2.24, 2.45) is 5.92 Å². The lowest BCUT2D eigenvalue weighted by atomic mass is 9.89. The molecule has 1 aromatic carbocycles. The van der Waals surface area contributed by atoms with Gasteiger partial charge < -0.3 is 20.4 Å². The summed E-state index contributed by atoms with van der Waals surface area (Å²) in [7, 11) is 0. The molecule has 208 valence electrons. The summed E-state index contributed by atoms with van der Waals surface area (Å²) in [6, 6.07) is 2.22. The van der Waals surface area contributed by atoms with Crippen LogP contribution in [0.2, 0.25) is 0 Å². The molecule has 2 amide bonds. The van der Waals surface area contributed by atoms with Gasteiger partial charge in [-0.2, -0.15) is 13.2 Å². The van der Waals surface area contributed by atoms with Gasteiger partial charge in [-0.05, 0) is 56.7 Å². The van der Waals surface area contributed by atoms with E-state index in [9.17, 15) is 27.2 Å². The molecular weight excluding hydrogens is 518 g/mol. The largest absolute Gasteiger partial charge is 0.493 e. The molecule has 39 heavy (non-hydrogen) atoms. The van der Waals surface area contributed by atoms with Crippen molar-refractivity contribution in [1.29, 1.82) is 0 Å². The first-order chi connectivity index (χ1) is 18.5. The van der Waals surface area contributed by atoms with E-state index in [1.165, 1.54) is 19.3 Å². The SMILES string of the molecule is CC(=O)NC1CCC(NC(=O)c2c(C)[nH]c3c(-c4cc(C(F)(F)F)ccc4OCC4CC4)ncnc23)CC1F. The second-order valence-electron chi connectivity index (χ2n) is 10.3. The molecule has 0 bridgehead atoms.